The minimum absolute atomic E-state index is 0.00793. The molecule has 0 radical (unpaired) electrons. The quantitative estimate of drug-likeness (QED) is 0.802. The third-order valence-electron chi connectivity index (χ3n) is 5.11. The zero-order valence-electron chi connectivity index (χ0n) is 13.4. The van der Waals surface area contributed by atoms with Gasteiger partial charge in [0.1, 0.15) is 17.7 Å². The molecule has 4 heteroatoms. The molecule has 3 rings (SSSR count). The Hall–Kier alpha value is -1.52. The number of hydroxylamine groups is 2. The van der Waals surface area contributed by atoms with Crippen LogP contribution >= 0.6 is 0 Å². The lowest BCUT2D eigenvalue weighted by Gasteiger charge is -2.31. The number of hydrogen-bond acceptors (Lipinski definition) is 4. The molecule has 0 aromatic heterocycles. The summed E-state index contributed by atoms with van der Waals surface area (Å²) >= 11 is 0. The zero-order chi connectivity index (χ0) is 15.9. The first-order valence-corrected chi connectivity index (χ1v) is 7.94. The summed E-state index contributed by atoms with van der Waals surface area (Å²) in [6, 6.07) is 10.0. The molecule has 1 aromatic rings. The molecule has 22 heavy (non-hydrogen) atoms. The minimum Gasteiger partial charge on any atom is -0.299 e. The molecule has 0 spiro atoms. The van der Waals surface area contributed by atoms with E-state index in [1.807, 2.05) is 23.3 Å². The van der Waals surface area contributed by atoms with Crippen molar-refractivity contribution in [1.29, 1.82) is 0 Å². The molecule has 2 aliphatic rings. The van der Waals surface area contributed by atoms with Gasteiger partial charge in [-0.1, -0.05) is 30.3 Å². The highest BCUT2D eigenvalue weighted by Gasteiger charge is 2.54. The topological polar surface area (TPSA) is 46.6 Å². The Bertz CT molecular complexity index is 571. The van der Waals surface area contributed by atoms with Crippen molar-refractivity contribution < 1.29 is 14.4 Å². The first-order chi connectivity index (χ1) is 10.4. The van der Waals surface area contributed by atoms with Crippen molar-refractivity contribution in [3.8, 4) is 0 Å². The monoisotopic (exact) mass is 301 g/mol. The maximum Gasteiger partial charge on any atom is 0.141 e. The summed E-state index contributed by atoms with van der Waals surface area (Å²) in [4.78, 5) is 30.0. The van der Waals surface area contributed by atoms with Gasteiger partial charge in [-0.15, -0.1) is 0 Å². The van der Waals surface area contributed by atoms with E-state index in [4.69, 9.17) is 4.84 Å². The largest absolute Gasteiger partial charge is 0.299 e. The van der Waals surface area contributed by atoms with Crippen LogP contribution in [0.4, 0.5) is 0 Å². The van der Waals surface area contributed by atoms with Gasteiger partial charge in [-0.3, -0.25) is 14.4 Å². The van der Waals surface area contributed by atoms with Crippen molar-refractivity contribution >= 4 is 11.6 Å². The normalized spacial score (nSPS) is 31.5. The fraction of sp³-hybridized carbons (Fsp3) is 0.556. The van der Waals surface area contributed by atoms with E-state index < -0.39 is 5.92 Å². The molecule has 118 valence electrons. The molecule has 0 bridgehead atoms. The highest BCUT2D eigenvalue weighted by atomic mass is 16.7. The van der Waals surface area contributed by atoms with E-state index in [-0.39, 0.29) is 29.3 Å². The smallest absolute Gasteiger partial charge is 0.141 e. The minimum atomic E-state index is -0.573. The molecule has 0 amide bonds. The van der Waals surface area contributed by atoms with Gasteiger partial charge in [-0.05, 0) is 39.2 Å². The fourth-order valence-electron chi connectivity index (χ4n) is 4.03. The summed E-state index contributed by atoms with van der Waals surface area (Å²) in [6.45, 7) is 5.19. The van der Waals surface area contributed by atoms with E-state index in [1.54, 1.807) is 0 Å². The number of rotatable bonds is 4. The first-order valence-electron chi connectivity index (χ1n) is 7.94. The predicted molar refractivity (Wildman–Crippen MR) is 83.0 cm³/mol. The average molecular weight is 301 g/mol. The van der Waals surface area contributed by atoms with Crippen molar-refractivity contribution in [1.82, 2.24) is 5.06 Å². The molecule has 2 heterocycles. The molecule has 3 atom stereocenters. The van der Waals surface area contributed by atoms with E-state index in [2.05, 4.69) is 19.1 Å². The van der Waals surface area contributed by atoms with Gasteiger partial charge in [0.25, 0.3) is 0 Å². The van der Waals surface area contributed by atoms with E-state index in [0.717, 1.165) is 24.8 Å². The van der Waals surface area contributed by atoms with Crippen molar-refractivity contribution in [3.63, 3.8) is 0 Å². The van der Waals surface area contributed by atoms with Crippen LogP contribution in [0.25, 0.3) is 0 Å². The Morgan fingerprint density at radius 2 is 1.86 bits per heavy atom. The number of benzene rings is 1. The number of hydrogen-bond donors (Lipinski definition) is 0. The van der Waals surface area contributed by atoms with Crippen molar-refractivity contribution in [3.05, 3.63) is 35.9 Å². The van der Waals surface area contributed by atoms with Gasteiger partial charge in [0.2, 0.25) is 0 Å². The number of carbonyl (C=O) groups excluding carboxylic acids is 2. The molecule has 2 aliphatic heterocycles. The second-order valence-electron chi connectivity index (χ2n) is 6.84. The average Bonchev–Trinajstić information content (AvgIpc) is 2.95. The van der Waals surface area contributed by atoms with Crippen LogP contribution in [0.3, 0.4) is 0 Å². The summed E-state index contributed by atoms with van der Waals surface area (Å²) in [7, 11) is 0. The van der Waals surface area contributed by atoms with Crippen LogP contribution in [0.5, 0.6) is 0 Å². The maximum atomic E-state index is 11.9. The van der Waals surface area contributed by atoms with Crippen LogP contribution in [0.2, 0.25) is 0 Å². The van der Waals surface area contributed by atoms with Crippen LogP contribution in [0, 0.1) is 5.92 Å². The summed E-state index contributed by atoms with van der Waals surface area (Å²) in [6.07, 6.45) is 2.70. The Labute approximate surface area is 131 Å². The van der Waals surface area contributed by atoms with Gasteiger partial charge in [0.05, 0.1) is 12.0 Å². The third-order valence-corrected chi connectivity index (χ3v) is 5.11. The van der Waals surface area contributed by atoms with Gasteiger partial charge in [-0.2, -0.15) is 5.06 Å². The SMILES string of the molecule is CC(=O)C(C(C)=O)C1CCC2(C)CC(c3ccccc3)ON12. The number of carbonyl (C=O) groups is 2. The van der Waals surface area contributed by atoms with Gasteiger partial charge in [0, 0.05) is 12.0 Å². The lowest BCUT2D eigenvalue weighted by Crippen LogP contribution is -2.46. The lowest BCUT2D eigenvalue weighted by molar-refractivity contribution is -0.202. The second-order valence-corrected chi connectivity index (χ2v) is 6.84. The molecule has 1 aromatic carbocycles. The molecule has 0 aliphatic carbocycles. The number of ketones is 2. The van der Waals surface area contributed by atoms with Gasteiger partial charge in [-0.25, -0.2) is 0 Å². The van der Waals surface area contributed by atoms with Crippen LogP contribution in [-0.2, 0) is 14.4 Å². The van der Waals surface area contributed by atoms with Crippen LogP contribution in [0.15, 0.2) is 30.3 Å². The van der Waals surface area contributed by atoms with Crippen LogP contribution < -0.4 is 0 Å². The van der Waals surface area contributed by atoms with E-state index in [9.17, 15) is 9.59 Å². The van der Waals surface area contributed by atoms with E-state index >= 15 is 0 Å². The highest BCUT2D eigenvalue weighted by molar-refractivity contribution is 6.01. The predicted octanol–water partition coefficient (Wildman–Crippen LogP) is 3.08. The molecule has 0 N–H and O–H groups in total. The summed E-state index contributed by atoms with van der Waals surface area (Å²) in [5.41, 5.74) is 1.06. The number of nitrogens with zero attached hydrogens (tertiary/aromatic N) is 1. The van der Waals surface area contributed by atoms with E-state index in [0.29, 0.717) is 0 Å². The molecular formula is C18H23NO3. The molecule has 2 saturated heterocycles. The van der Waals surface area contributed by atoms with Crippen LogP contribution in [0.1, 0.15) is 51.7 Å². The maximum absolute atomic E-state index is 11.9. The summed E-state index contributed by atoms with van der Waals surface area (Å²) in [5, 5.41) is 1.96. The standard InChI is InChI=1S/C18H23NO3/c1-12(20)17(13(2)21)15-9-10-18(3)11-16(22-19(15)18)14-7-5-4-6-8-14/h4-8,15-17H,9-11H2,1-3H3. The summed E-state index contributed by atoms with van der Waals surface area (Å²) in [5.74, 6) is -0.696. The first kappa shape index (κ1) is 15.4. The summed E-state index contributed by atoms with van der Waals surface area (Å²) < 4.78 is 0. The van der Waals surface area contributed by atoms with Gasteiger partial charge < -0.3 is 0 Å². The number of fused-ring (bicyclic) bond motifs is 1. The molecule has 0 saturated carbocycles. The van der Waals surface area contributed by atoms with Crippen LogP contribution in [-0.4, -0.2) is 28.2 Å². The Morgan fingerprint density at radius 1 is 1.23 bits per heavy atom. The number of Topliss-reactive ketones (excluding diaryl/α,β-unsaturated/α-hetero) is 2. The molecule has 2 fully saturated rings. The zero-order valence-corrected chi connectivity index (χ0v) is 13.4. The molecule has 3 unspecified atom stereocenters. The highest BCUT2D eigenvalue weighted by Crippen LogP contribution is 2.50. The second kappa shape index (κ2) is 5.60. The third kappa shape index (κ3) is 2.50. The lowest BCUT2D eigenvalue weighted by atomic mass is 9.89. The van der Waals surface area contributed by atoms with Gasteiger partial charge in [0.15, 0.2) is 0 Å². The molecule has 4 nitrogen and oxygen atoms in total. The Morgan fingerprint density at radius 3 is 2.45 bits per heavy atom. The fourth-order valence-corrected chi connectivity index (χ4v) is 4.03. The van der Waals surface area contributed by atoms with E-state index in [1.165, 1.54) is 13.8 Å². The van der Waals surface area contributed by atoms with Crippen molar-refractivity contribution in [2.24, 2.45) is 5.92 Å². The Kier molecular flexibility index (Phi) is 3.91. The van der Waals surface area contributed by atoms with Gasteiger partial charge >= 0.3 is 0 Å². The van der Waals surface area contributed by atoms with Crippen molar-refractivity contribution in [2.45, 2.75) is 57.7 Å². The van der Waals surface area contributed by atoms with Crippen molar-refractivity contribution in [2.75, 3.05) is 0 Å². The Balaban J connectivity index is 1.85. The molecular weight excluding hydrogens is 278 g/mol.